The van der Waals surface area contributed by atoms with Crippen molar-refractivity contribution < 1.29 is 13.9 Å². The van der Waals surface area contributed by atoms with Gasteiger partial charge in [-0.1, -0.05) is 35.1 Å². The molecule has 0 saturated carbocycles. The zero-order chi connectivity index (χ0) is 19.5. The van der Waals surface area contributed by atoms with Crippen molar-refractivity contribution in [2.45, 2.75) is 0 Å². The van der Waals surface area contributed by atoms with Crippen molar-refractivity contribution in [1.29, 1.82) is 0 Å². The molecular weight excluding hydrogens is 398 g/mol. The number of rotatable bonds is 5. The van der Waals surface area contributed by atoms with E-state index in [9.17, 15) is 4.79 Å². The molecule has 0 bridgehead atoms. The van der Waals surface area contributed by atoms with Gasteiger partial charge in [-0.15, -0.1) is 0 Å². The molecule has 0 amide bonds. The molecule has 28 heavy (non-hydrogen) atoms. The highest BCUT2D eigenvalue weighted by Gasteiger charge is 2.13. The number of fused-ring (bicyclic) bond motifs is 1. The first-order chi connectivity index (χ1) is 13.6. The zero-order valence-electron chi connectivity index (χ0n) is 14.7. The molecule has 0 fully saturated rings. The number of methoxy groups -OCH3 is 1. The highest BCUT2D eigenvalue weighted by Crippen LogP contribution is 2.30. The Morgan fingerprint density at radius 2 is 2.11 bits per heavy atom. The molecule has 0 aliphatic rings. The number of nitrogens with one attached hydrogen (secondary N) is 1. The molecule has 0 atom stereocenters. The molecule has 1 N–H and O–H groups in total. The summed E-state index contributed by atoms with van der Waals surface area (Å²) in [6.45, 7) is 0. The molecule has 4 aromatic rings. The van der Waals surface area contributed by atoms with Crippen LogP contribution in [0.15, 0.2) is 64.1 Å². The van der Waals surface area contributed by atoms with Gasteiger partial charge in [0, 0.05) is 5.56 Å². The number of benzene rings is 2. The Morgan fingerprint density at radius 3 is 2.93 bits per heavy atom. The molecule has 2 aromatic carbocycles. The van der Waals surface area contributed by atoms with E-state index in [4.69, 9.17) is 20.8 Å². The number of nitrogens with zero attached hydrogens (tertiary/aromatic N) is 2. The molecule has 0 aliphatic carbocycles. The molecule has 6 nitrogen and oxygen atoms in total. The molecule has 0 saturated heterocycles. The van der Waals surface area contributed by atoms with Gasteiger partial charge in [0.1, 0.15) is 11.5 Å². The van der Waals surface area contributed by atoms with Gasteiger partial charge >= 0.3 is 5.97 Å². The van der Waals surface area contributed by atoms with Crippen LogP contribution in [-0.2, 0) is 4.74 Å². The van der Waals surface area contributed by atoms with Gasteiger partial charge in [0.25, 0.3) is 0 Å². The fraction of sp³-hybridized carbons (Fsp3) is 0.0500. The van der Waals surface area contributed by atoms with Crippen LogP contribution in [0.1, 0.15) is 16.1 Å². The van der Waals surface area contributed by atoms with Crippen molar-refractivity contribution in [1.82, 2.24) is 4.98 Å². The minimum Gasteiger partial charge on any atom is -0.465 e. The van der Waals surface area contributed by atoms with Crippen molar-refractivity contribution >= 4 is 50.5 Å². The summed E-state index contributed by atoms with van der Waals surface area (Å²) in [5.41, 5.74) is 4.82. The number of carbonyl (C=O) groups excluding carboxylic acids is 1. The van der Waals surface area contributed by atoms with Crippen molar-refractivity contribution in [3.05, 3.63) is 70.9 Å². The third-order valence-electron chi connectivity index (χ3n) is 3.93. The van der Waals surface area contributed by atoms with Crippen molar-refractivity contribution in [3.8, 4) is 11.3 Å². The fourth-order valence-corrected chi connectivity index (χ4v) is 3.62. The molecule has 8 heteroatoms. The van der Waals surface area contributed by atoms with E-state index in [0.717, 1.165) is 10.2 Å². The van der Waals surface area contributed by atoms with E-state index in [1.807, 2.05) is 24.3 Å². The summed E-state index contributed by atoms with van der Waals surface area (Å²) in [4.78, 5) is 16.2. The number of halogens is 1. The molecule has 0 spiro atoms. The maximum Gasteiger partial charge on any atom is 0.337 e. The number of hydrogen-bond donors (Lipinski definition) is 1. The predicted molar refractivity (Wildman–Crippen MR) is 111 cm³/mol. The first kappa shape index (κ1) is 18.2. The Kier molecular flexibility index (Phi) is 5.10. The van der Waals surface area contributed by atoms with Crippen molar-refractivity contribution in [3.63, 3.8) is 0 Å². The number of aromatic nitrogens is 1. The molecule has 4 rings (SSSR count). The Hall–Kier alpha value is -3.16. The molecule has 2 aromatic heterocycles. The molecule has 0 unspecified atom stereocenters. The second-order valence-corrected chi connectivity index (χ2v) is 7.18. The predicted octanol–water partition coefficient (Wildman–Crippen LogP) is 5.44. The molecular formula is C20H14ClN3O3S. The highest BCUT2D eigenvalue weighted by molar-refractivity contribution is 7.22. The topological polar surface area (TPSA) is 76.7 Å². The first-order valence-electron chi connectivity index (χ1n) is 8.27. The van der Waals surface area contributed by atoms with Crippen molar-refractivity contribution in [2.75, 3.05) is 12.5 Å². The van der Waals surface area contributed by atoms with Gasteiger partial charge < -0.3 is 9.15 Å². The standard InChI is InChI=1S/C20H14ClN3O3S/c1-26-19(25)12-6-8-15(21)14(10-12)17-9-7-13(27-17)11-22-24-20-23-16-4-2-3-5-18(16)28-20/h2-11H,1H3,(H,23,24)/b22-11-. The van der Waals surface area contributed by atoms with Crippen LogP contribution in [0.4, 0.5) is 5.13 Å². The van der Waals surface area contributed by atoms with Gasteiger partial charge in [-0.3, -0.25) is 5.43 Å². The van der Waals surface area contributed by atoms with Gasteiger partial charge in [0.2, 0.25) is 5.13 Å². The lowest BCUT2D eigenvalue weighted by Crippen LogP contribution is -2.01. The Balaban J connectivity index is 1.51. The normalized spacial score (nSPS) is 11.2. The average Bonchev–Trinajstić information content (AvgIpc) is 3.34. The van der Waals surface area contributed by atoms with Crippen LogP contribution >= 0.6 is 22.9 Å². The van der Waals surface area contributed by atoms with Gasteiger partial charge in [-0.25, -0.2) is 9.78 Å². The number of thiazole rings is 1. The molecule has 0 radical (unpaired) electrons. The number of hydrogen-bond acceptors (Lipinski definition) is 7. The van der Waals surface area contributed by atoms with E-state index in [0.29, 0.717) is 32.8 Å². The summed E-state index contributed by atoms with van der Waals surface area (Å²) in [5.74, 6) is 0.617. The Bertz CT molecular complexity index is 1150. The van der Waals surface area contributed by atoms with Crippen LogP contribution < -0.4 is 5.43 Å². The monoisotopic (exact) mass is 411 g/mol. The number of carbonyl (C=O) groups is 1. The molecule has 2 heterocycles. The lowest BCUT2D eigenvalue weighted by atomic mass is 10.1. The van der Waals surface area contributed by atoms with Crippen LogP contribution in [0.25, 0.3) is 21.5 Å². The third-order valence-corrected chi connectivity index (χ3v) is 5.20. The lowest BCUT2D eigenvalue weighted by molar-refractivity contribution is 0.0601. The second kappa shape index (κ2) is 7.84. The van der Waals surface area contributed by atoms with Gasteiger partial charge in [0.05, 0.1) is 34.1 Å². The van der Waals surface area contributed by atoms with E-state index in [2.05, 4.69) is 15.5 Å². The quantitative estimate of drug-likeness (QED) is 0.269. The van der Waals surface area contributed by atoms with Crippen LogP contribution in [0, 0.1) is 0 Å². The summed E-state index contributed by atoms with van der Waals surface area (Å²) < 4.78 is 11.6. The van der Waals surface area contributed by atoms with Crippen LogP contribution in [0.3, 0.4) is 0 Å². The van der Waals surface area contributed by atoms with E-state index in [1.165, 1.54) is 18.4 Å². The molecule has 0 aliphatic heterocycles. The minimum atomic E-state index is -0.439. The Morgan fingerprint density at radius 1 is 1.25 bits per heavy atom. The zero-order valence-corrected chi connectivity index (χ0v) is 16.3. The summed E-state index contributed by atoms with van der Waals surface area (Å²) in [7, 11) is 1.33. The summed E-state index contributed by atoms with van der Waals surface area (Å²) in [6.07, 6.45) is 1.55. The smallest absolute Gasteiger partial charge is 0.337 e. The third kappa shape index (κ3) is 3.76. The average molecular weight is 412 g/mol. The van der Waals surface area contributed by atoms with Crippen molar-refractivity contribution in [2.24, 2.45) is 5.10 Å². The van der Waals surface area contributed by atoms with Crippen LogP contribution in [0.5, 0.6) is 0 Å². The first-order valence-corrected chi connectivity index (χ1v) is 9.46. The van der Waals surface area contributed by atoms with Gasteiger partial charge in [0.15, 0.2) is 0 Å². The number of para-hydroxylation sites is 1. The number of anilines is 1. The maximum atomic E-state index is 11.7. The summed E-state index contributed by atoms with van der Waals surface area (Å²) >= 11 is 7.76. The van der Waals surface area contributed by atoms with Gasteiger partial charge in [-0.2, -0.15) is 5.10 Å². The number of furan rings is 1. The SMILES string of the molecule is COC(=O)c1ccc(Cl)c(-c2ccc(/C=N\Nc3nc4ccccc4s3)o2)c1. The van der Waals surface area contributed by atoms with E-state index in [-0.39, 0.29) is 0 Å². The number of ether oxygens (including phenoxy) is 1. The highest BCUT2D eigenvalue weighted by atomic mass is 35.5. The summed E-state index contributed by atoms with van der Waals surface area (Å²) in [5, 5.41) is 5.33. The largest absolute Gasteiger partial charge is 0.465 e. The number of hydrazone groups is 1. The van der Waals surface area contributed by atoms with E-state index < -0.39 is 5.97 Å². The second-order valence-electron chi connectivity index (χ2n) is 5.74. The lowest BCUT2D eigenvalue weighted by Gasteiger charge is -2.04. The van der Waals surface area contributed by atoms with Crippen LogP contribution in [0.2, 0.25) is 5.02 Å². The summed E-state index contributed by atoms with van der Waals surface area (Å²) in [6, 6.07) is 16.3. The minimum absolute atomic E-state index is 0.394. The Labute approximate surface area is 169 Å². The van der Waals surface area contributed by atoms with E-state index >= 15 is 0 Å². The van der Waals surface area contributed by atoms with Crippen LogP contribution in [-0.4, -0.2) is 24.3 Å². The van der Waals surface area contributed by atoms with Gasteiger partial charge in [-0.05, 0) is 42.5 Å². The fourth-order valence-electron chi connectivity index (χ4n) is 2.60. The van der Waals surface area contributed by atoms with E-state index in [1.54, 1.807) is 36.5 Å². The maximum absolute atomic E-state index is 11.7. The molecule has 140 valence electrons. The number of esters is 1.